The second-order valence-corrected chi connectivity index (χ2v) is 7.80. The summed E-state index contributed by atoms with van der Waals surface area (Å²) in [6.07, 6.45) is 3.75. The molecule has 6 heteroatoms. The van der Waals surface area contributed by atoms with E-state index >= 15 is 0 Å². The Morgan fingerprint density at radius 3 is 2.13 bits per heavy atom. The first kappa shape index (κ1) is 21.7. The maximum Gasteiger partial charge on any atom is 0.220 e. The highest BCUT2D eigenvalue weighted by Gasteiger charge is 2.37. The molecule has 2 amide bonds. The van der Waals surface area contributed by atoms with Gasteiger partial charge in [-0.3, -0.25) is 9.59 Å². The van der Waals surface area contributed by atoms with E-state index in [9.17, 15) is 9.59 Å². The highest BCUT2D eigenvalue weighted by Crippen LogP contribution is 2.30. The van der Waals surface area contributed by atoms with Gasteiger partial charge in [0.25, 0.3) is 0 Å². The third-order valence-electron chi connectivity index (χ3n) is 5.66. The van der Waals surface area contributed by atoms with Crippen molar-refractivity contribution in [3.8, 4) is 11.5 Å². The number of methoxy groups -OCH3 is 2. The Hall–Kier alpha value is -3.02. The molecule has 2 aromatic rings. The Balaban J connectivity index is 1.49. The van der Waals surface area contributed by atoms with E-state index in [0.29, 0.717) is 32.2 Å². The second-order valence-electron chi connectivity index (χ2n) is 7.80. The van der Waals surface area contributed by atoms with Crippen molar-refractivity contribution in [1.29, 1.82) is 0 Å². The van der Waals surface area contributed by atoms with E-state index in [2.05, 4.69) is 10.6 Å². The average Bonchev–Trinajstić information content (AvgIpc) is 3.14. The molecule has 1 saturated heterocycles. The van der Waals surface area contributed by atoms with Crippen molar-refractivity contribution in [2.45, 2.75) is 44.1 Å². The van der Waals surface area contributed by atoms with Crippen molar-refractivity contribution >= 4 is 11.8 Å². The molecule has 0 radical (unpaired) electrons. The van der Waals surface area contributed by atoms with Crippen molar-refractivity contribution in [2.75, 3.05) is 20.8 Å². The molecule has 6 nitrogen and oxygen atoms in total. The monoisotopic (exact) mass is 410 g/mol. The summed E-state index contributed by atoms with van der Waals surface area (Å²) in [6, 6.07) is 15.7. The third-order valence-corrected chi connectivity index (χ3v) is 5.66. The lowest BCUT2D eigenvalue weighted by atomic mass is 9.85. The number of amides is 2. The fourth-order valence-corrected chi connectivity index (χ4v) is 3.90. The summed E-state index contributed by atoms with van der Waals surface area (Å²) in [6.45, 7) is 0.586. The third kappa shape index (κ3) is 5.99. The van der Waals surface area contributed by atoms with Crippen molar-refractivity contribution in [3.05, 3.63) is 59.7 Å². The van der Waals surface area contributed by atoms with Gasteiger partial charge in [0.05, 0.1) is 14.2 Å². The molecule has 1 fully saturated rings. The van der Waals surface area contributed by atoms with Gasteiger partial charge in [0.1, 0.15) is 11.5 Å². The lowest BCUT2D eigenvalue weighted by molar-refractivity contribution is -0.122. The van der Waals surface area contributed by atoms with Gasteiger partial charge < -0.3 is 20.1 Å². The van der Waals surface area contributed by atoms with E-state index in [1.54, 1.807) is 14.2 Å². The minimum atomic E-state index is -0.362. The molecular formula is C24H30N2O4. The molecule has 1 aliphatic heterocycles. The minimum absolute atomic E-state index is 0.0127. The van der Waals surface area contributed by atoms with Crippen molar-refractivity contribution in [3.63, 3.8) is 0 Å². The molecule has 30 heavy (non-hydrogen) atoms. The maximum atomic E-state index is 12.4. The number of rotatable bonds is 10. The van der Waals surface area contributed by atoms with Gasteiger partial charge in [-0.15, -0.1) is 0 Å². The van der Waals surface area contributed by atoms with E-state index in [0.717, 1.165) is 35.5 Å². The van der Waals surface area contributed by atoms with Crippen LogP contribution in [0.3, 0.4) is 0 Å². The highest BCUT2D eigenvalue weighted by molar-refractivity contribution is 5.80. The Bertz CT molecular complexity index is 849. The van der Waals surface area contributed by atoms with Crippen molar-refractivity contribution in [1.82, 2.24) is 10.6 Å². The summed E-state index contributed by atoms with van der Waals surface area (Å²) in [5.74, 6) is 1.70. The molecule has 160 valence electrons. The van der Waals surface area contributed by atoms with Crippen LogP contribution in [0.1, 0.15) is 36.8 Å². The Labute approximate surface area is 178 Å². The smallest absolute Gasteiger partial charge is 0.220 e. The Morgan fingerprint density at radius 1 is 1.00 bits per heavy atom. The number of carbonyl (C=O) groups is 2. The standard InChI is InChI=1S/C24H30N2O4/c1-29-20-7-3-18(4-8-20)13-16-25-22(27)11-14-24(15-12-23(28)26-24)17-19-5-9-21(30-2)10-6-19/h3-10H,11-17H2,1-2H3,(H,25,27)(H,26,28)/t24-/m1/s1. The first-order valence-corrected chi connectivity index (χ1v) is 10.4. The van der Waals surface area contributed by atoms with Crippen molar-refractivity contribution < 1.29 is 19.1 Å². The van der Waals surface area contributed by atoms with Crippen LogP contribution in [-0.4, -0.2) is 38.1 Å². The molecule has 0 aromatic heterocycles. The van der Waals surface area contributed by atoms with Gasteiger partial charge in [-0.1, -0.05) is 24.3 Å². The van der Waals surface area contributed by atoms with Gasteiger partial charge in [0, 0.05) is 24.9 Å². The molecule has 0 spiro atoms. The predicted molar refractivity (Wildman–Crippen MR) is 116 cm³/mol. The van der Waals surface area contributed by atoms with E-state index in [-0.39, 0.29) is 17.4 Å². The van der Waals surface area contributed by atoms with Crippen LogP contribution >= 0.6 is 0 Å². The summed E-state index contributed by atoms with van der Waals surface area (Å²) in [5, 5.41) is 6.12. The molecule has 0 saturated carbocycles. The molecular weight excluding hydrogens is 380 g/mol. The van der Waals surface area contributed by atoms with Crippen LogP contribution < -0.4 is 20.1 Å². The molecule has 1 aliphatic rings. The summed E-state index contributed by atoms with van der Waals surface area (Å²) < 4.78 is 10.4. The van der Waals surface area contributed by atoms with Gasteiger partial charge in [-0.25, -0.2) is 0 Å². The van der Waals surface area contributed by atoms with Crippen LogP contribution in [0.4, 0.5) is 0 Å². The number of hydrogen-bond acceptors (Lipinski definition) is 4. The lowest BCUT2D eigenvalue weighted by Crippen LogP contribution is -2.44. The Kier molecular flexibility index (Phi) is 7.33. The molecule has 0 bridgehead atoms. The van der Waals surface area contributed by atoms with E-state index < -0.39 is 0 Å². The largest absolute Gasteiger partial charge is 0.497 e. The summed E-state index contributed by atoms with van der Waals surface area (Å²) >= 11 is 0. The maximum absolute atomic E-state index is 12.4. The zero-order valence-corrected chi connectivity index (χ0v) is 17.7. The van der Waals surface area contributed by atoms with E-state index in [4.69, 9.17) is 9.47 Å². The molecule has 1 atom stereocenters. The quantitative estimate of drug-likeness (QED) is 0.631. The van der Waals surface area contributed by atoms with Gasteiger partial charge in [-0.05, 0) is 61.1 Å². The van der Waals surface area contributed by atoms with Gasteiger partial charge in [0.2, 0.25) is 11.8 Å². The average molecular weight is 411 g/mol. The summed E-state index contributed by atoms with van der Waals surface area (Å²) in [4.78, 5) is 24.3. The van der Waals surface area contributed by atoms with E-state index in [1.807, 2.05) is 48.5 Å². The summed E-state index contributed by atoms with van der Waals surface area (Å²) in [5.41, 5.74) is 1.91. The van der Waals surface area contributed by atoms with Crippen LogP contribution in [0.5, 0.6) is 11.5 Å². The van der Waals surface area contributed by atoms with E-state index in [1.165, 1.54) is 0 Å². The first-order chi connectivity index (χ1) is 14.5. The zero-order valence-electron chi connectivity index (χ0n) is 17.7. The SMILES string of the molecule is COc1ccc(CCNC(=O)CC[C@]2(Cc3ccc(OC)cc3)CCC(=O)N2)cc1. The molecule has 2 aromatic carbocycles. The second kappa shape index (κ2) is 10.1. The number of nitrogens with one attached hydrogen (secondary N) is 2. The number of ether oxygens (including phenoxy) is 2. The number of carbonyl (C=O) groups excluding carboxylic acids is 2. The zero-order chi connectivity index (χ0) is 21.4. The van der Waals surface area contributed by atoms with Crippen LogP contribution in [0, 0.1) is 0 Å². The number of hydrogen-bond donors (Lipinski definition) is 2. The molecule has 1 heterocycles. The summed E-state index contributed by atoms with van der Waals surface area (Å²) in [7, 11) is 3.28. The molecule has 2 N–H and O–H groups in total. The van der Waals surface area contributed by atoms with Crippen molar-refractivity contribution in [2.24, 2.45) is 0 Å². The minimum Gasteiger partial charge on any atom is -0.497 e. The van der Waals surface area contributed by atoms with Crippen LogP contribution in [0.15, 0.2) is 48.5 Å². The normalized spacial score (nSPS) is 18.0. The first-order valence-electron chi connectivity index (χ1n) is 10.4. The van der Waals surface area contributed by atoms with Gasteiger partial charge in [0.15, 0.2) is 0 Å². The van der Waals surface area contributed by atoms with Crippen LogP contribution in [0.2, 0.25) is 0 Å². The lowest BCUT2D eigenvalue weighted by Gasteiger charge is -2.29. The molecule has 0 aliphatic carbocycles. The Morgan fingerprint density at radius 2 is 1.60 bits per heavy atom. The molecule has 3 rings (SSSR count). The highest BCUT2D eigenvalue weighted by atomic mass is 16.5. The fourth-order valence-electron chi connectivity index (χ4n) is 3.90. The van der Waals surface area contributed by atoms with Gasteiger partial charge >= 0.3 is 0 Å². The van der Waals surface area contributed by atoms with Crippen LogP contribution in [-0.2, 0) is 22.4 Å². The molecule has 0 unspecified atom stereocenters. The van der Waals surface area contributed by atoms with Gasteiger partial charge in [-0.2, -0.15) is 0 Å². The number of benzene rings is 2. The topological polar surface area (TPSA) is 76.7 Å². The predicted octanol–water partition coefficient (Wildman–Crippen LogP) is 3.03. The van der Waals surface area contributed by atoms with Crippen LogP contribution in [0.25, 0.3) is 0 Å². The fraction of sp³-hybridized carbons (Fsp3) is 0.417.